The number of aromatic nitrogens is 2. The molecule has 2 fully saturated rings. The van der Waals surface area contributed by atoms with Crippen molar-refractivity contribution >= 4 is 0 Å². The average Bonchev–Trinajstić information content (AvgIpc) is 2.99. The van der Waals surface area contributed by atoms with E-state index in [1.54, 1.807) is 0 Å². The lowest BCUT2D eigenvalue weighted by atomic mass is 9.86. The first-order chi connectivity index (χ1) is 10.2. The minimum atomic E-state index is 0.259. The van der Waals surface area contributed by atoms with Gasteiger partial charge in [0.15, 0.2) is 5.82 Å². The summed E-state index contributed by atoms with van der Waals surface area (Å²) >= 11 is 0. The standard InChI is InChI=1S/C15H27N5O/c1-16-12-6-4-11(5-7-12)15-17-14(18-21-15)13-10-19(2)8-9-20(13)3/h11-13,16H,4-10H2,1-3H3. The molecule has 3 rings (SSSR count). The van der Waals surface area contributed by atoms with E-state index in [4.69, 9.17) is 9.51 Å². The predicted octanol–water partition coefficient (Wildman–Crippen LogP) is 1.23. The molecule has 118 valence electrons. The van der Waals surface area contributed by atoms with E-state index < -0.39 is 0 Å². The van der Waals surface area contributed by atoms with E-state index in [-0.39, 0.29) is 6.04 Å². The maximum absolute atomic E-state index is 5.58. The topological polar surface area (TPSA) is 57.4 Å². The molecule has 2 aliphatic rings. The smallest absolute Gasteiger partial charge is 0.229 e. The number of nitrogens with one attached hydrogen (secondary N) is 1. The van der Waals surface area contributed by atoms with Gasteiger partial charge >= 0.3 is 0 Å². The Morgan fingerprint density at radius 3 is 2.62 bits per heavy atom. The third-order valence-electron chi connectivity index (χ3n) is 5.09. The summed E-state index contributed by atoms with van der Waals surface area (Å²) in [6.07, 6.45) is 4.69. The molecule has 1 aliphatic heterocycles. The van der Waals surface area contributed by atoms with Gasteiger partial charge in [-0.25, -0.2) is 0 Å². The average molecular weight is 293 g/mol. The van der Waals surface area contributed by atoms with Crippen LogP contribution in [0.25, 0.3) is 0 Å². The fraction of sp³-hybridized carbons (Fsp3) is 0.867. The van der Waals surface area contributed by atoms with Gasteiger partial charge in [0.25, 0.3) is 0 Å². The van der Waals surface area contributed by atoms with Gasteiger partial charge in [0.1, 0.15) is 0 Å². The van der Waals surface area contributed by atoms with E-state index in [0.717, 1.165) is 44.2 Å². The van der Waals surface area contributed by atoms with Crippen LogP contribution in [0, 0.1) is 0 Å². The number of hydrogen-bond donors (Lipinski definition) is 1. The summed E-state index contributed by atoms with van der Waals surface area (Å²) in [6, 6.07) is 0.914. The summed E-state index contributed by atoms with van der Waals surface area (Å²) in [5.41, 5.74) is 0. The molecule has 1 aromatic heterocycles. The normalized spacial score (nSPS) is 32.4. The van der Waals surface area contributed by atoms with Crippen LogP contribution in [0.4, 0.5) is 0 Å². The molecule has 6 nitrogen and oxygen atoms in total. The Morgan fingerprint density at radius 1 is 1.14 bits per heavy atom. The zero-order chi connectivity index (χ0) is 14.8. The molecule has 21 heavy (non-hydrogen) atoms. The second-order valence-corrected chi connectivity index (χ2v) is 6.59. The monoisotopic (exact) mass is 293 g/mol. The Kier molecular flexibility index (Phi) is 4.57. The summed E-state index contributed by atoms with van der Waals surface area (Å²) in [4.78, 5) is 9.38. The fourth-order valence-electron chi connectivity index (χ4n) is 3.47. The Hall–Kier alpha value is -0.980. The van der Waals surface area contributed by atoms with E-state index in [1.165, 1.54) is 12.8 Å². The van der Waals surface area contributed by atoms with Gasteiger partial charge in [0.05, 0.1) is 6.04 Å². The van der Waals surface area contributed by atoms with Gasteiger partial charge in [-0.05, 0) is 46.8 Å². The number of piperazine rings is 1. The van der Waals surface area contributed by atoms with Crippen LogP contribution in [-0.4, -0.2) is 66.8 Å². The van der Waals surface area contributed by atoms with Crippen LogP contribution in [0.2, 0.25) is 0 Å². The Bertz CT molecular complexity index is 455. The van der Waals surface area contributed by atoms with E-state index in [1.807, 2.05) is 7.05 Å². The molecule has 0 aromatic carbocycles. The van der Waals surface area contributed by atoms with E-state index in [9.17, 15) is 0 Å². The Labute approximate surface area is 126 Å². The molecular formula is C15H27N5O. The second kappa shape index (κ2) is 6.42. The van der Waals surface area contributed by atoms with Crippen molar-refractivity contribution in [2.24, 2.45) is 0 Å². The number of likely N-dealkylation sites (N-methyl/N-ethyl adjacent to an activating group) is 2. The molecule has 1 N–H and O–H groups in total. The van der Waals surface area contributed by atoms with Crippen molar-refractivity contribution in [3.63, 3.8) is 0 Å². The molecule has 1 atom stereocenters. The third-order valence-corrected chi connectivity index (χ3v) is 5.09. The van der Waals surface area contributed by atoms with Crippen molar-refractivity contribution < 1.29 is 4.52 Å². The van der Waals surface area contributed by atoms with Crippen LogP contribution in [-0.2, 0) is 0 Å². The lowest BCUT2D eigenvalue weighted by Gasteiger charge is -2.35. The highest BCUT2D eigenvalue weighted by Crippen LogP contribution is 2.32. The van der Waals surface area contributed by atoms with Gasteiger partial charge in [-0.2, -0.15) is 4.98 Å². The van der Waals surface area contributed by atoms with Crippen LogP contribution in [0.15, 0.2) is 4.52 Å². The largest absolute Gasteiger partial charge is 0.339 e. The van der Waals surface area contributed by atoms with Crippen molar-refractivity contribution in [1.82, 2.24) is 25.3 Å². The van der Waals surface area contributed by atoms with E-state index in [2.05, 4.69) is 34.4 Å². The van der Waals surface area contributed by atoms with Crippen molar-refractivity contribution in [2.45, 2.75) is 43.7 Å². The van der Waals surface area contributed by atoms with Gasteiger partial charge in [0, 0.05) is 31.6 Å². The molecule has 1 unspecified atom stereocenters. The molecule has 0 bridgehead atoms. The maximum atomic E-state index is 5.58. The van der Waals surface area contributed by atoms with Crippen molar-refractivity contribution in [3.8, 4) is 0 Å². The van der Waals surface area contributed by atoms with Gasteiger partial charge in [-0.3, -0.25) is 4.90 Å². The maximum Gasteiger partial charge on any atom is 0.229 e. The number of nitrogens with zero attached hydrogens (tertiary/aromatic N) is 4. The van der Waals surface area contributed by atoms with Crippen LogP contribution < -0.4 is 5.32 Å². The molecule has 0 spiro atoms. The highest BCUT2D eigenvalue weighted by molar-refractivity contribution is 5.02. The summed E-state index contributed by atoms with van der Waals surface area (Å²) in [5.74, 6) is 2.15. The number of hydrogen-bond acceptors (Lipinski definition) is 6. The van der Waals surface area contributed by atoms with Crippen molar-refractivity contribution in [3.05, 3.63) is 11.7 Å². The number of rotatable bonds is 3. The fourth-order valence-corrected chi connectivity index (χ4v) is 3.47. The van der Waals surface area contributed by atoms with Crippen LogP contribution in [0.1, 0.15) is 49.4 Å². The summed E-state index contributed by atoms with van der Waals surface area (Å²) in [5, 5.41) is 7.63. The van der Waals surface area contributed by atoms with Crippen molar-refractivity contribution in [1.29, 1.82) is 0 Å². The molecular weight excluding hydrogens is 266 g/mol. The first kappa shape index (κ1) is 14.9. The third kappa shape index (κ3) is 3.27. The molecule has 1 saturated carbocycles. The van der Waals surface area contributed by atoms with Crippen LogP contribution >= 0.6 is 0 Å². The van der Waals surface area contributed by atoms with Gasteiger partial charge in [-0.1, -0.05) is 5.16 Å². The van der Waals surface area contributed by atoms with Crippen LogP contribution in [0.3, 0.4) is 0 Å². The predicted molar refractivity (Wildman–Crippen MR) is 81.2 cm³/mol. The molecule has 6 heteroatoms. The first-order valence-electron chi connectivity index (χ1n) is 8.07. The molecule has 1 saturated heterocycles. The highest BCUT2D eigenvalue weighted by atomic mass is 16.5. The minimum Gasteiger partial charge on any atom is -0.339 e. The molecule has 0 amide bonds. The lowest BCUT2D eigenvalue weighted by molar-refractivity contribution is 0.108. The quantitative estimate of drug-likeness (QED) is 0.905. The molecule has 2 heterocycles. The SMILES string of the molecule is CNC1CCC(c2nc(C3CN(C)CCN3C)no2)CC1. The molecule has 1 aromatic rings. The van der Waals surface area contributed by atoms with Gasteiger partial charge < -0.3 is 14.7 Å². The zero-order valence-corrected chi connectivity index (χ0v) is 13.4. The molecule has 0 radical (unpaired) electrons. The highest BCUT2D eigenvalue weighted by Gasteiger charge is 2.30. The van der Waals surface area contributed by atoms with E-state index in [0.29, 0.717) is 12.0 Å². The second-order valence-electron chi connectivity index (χ2n) is 6.59. The zero-order valence-electron chi connectivity index (χ0n) is 13.4. The van der Waals surface area contributed by atoms with Gasteiger partial charge in [-0.15, -0.1) is 0 Å². The summed E-state index contributed by atoms with van der Waals surface area (Å²) in [7, 11) is 6.34. The van der Waals surface area contributed by atoms with Crippen LogP contribution in [0.5, 0.6) is 0 Å². The Balaban J connectivity index is 1.66. The van der Waals surface area contributed by atoms with Crippen molar-refractivity contribution in [2.75, 3.05) is 40.8 Å². The lowest BCUT2D eigenvalue weighted by Crippen LogP contribution is -2.45. The Morgan fingerprint density at radius 2 is 1.90 bits per heavy atom. The summed E-state index contributed by atoms with van der Waals surface area (Å²) in [6.45, 7) is 3.13. The minimum absolute atomic E-state index is 0.259. The van der Waals surface area contributed by atoms with Gasteiger partial charge in [0.2, 0.25) is 5.89 Å². The van der Waals surface area contributed by atoms with E-state index >= 15 is 0 Å². The molecule has 1 aliphatic carbocycles. The summed E-state index contributed by atoms with van der Waals surface area (Å²) < 4.78 is 5.58. The first-order valence-corrected chi connectivity index (χ1v) is 8.07.